The number of likely N-dealkylation sites (N-methyl/N-ethyl adjacent to an activating group) is 1. The fourth-order valence-corrected chi connectivity index (χ4v) is 2.16. The highest BCUT2D eigenvalue weighted by Gasteiger charge is 2.20. The molecule has 0 radical (unpaired) electrons. The summed E-state index contributed by atoms with van der Waals surface area (Å²) < 4.78 is 13.1. The first-order chi connectivity index (χ1) is 8.67. The van der Waals surface area contributed by atoms with Gasteiger partial charge in [0.2, 0.25) is 0 Å². The van der Waals surface area contributed by atoms with Gasteiger partial charge in [-0.15, -0.1) is 0 Å². The molecule has 0 spiro atoms. The van der Waals surface area contributed by atoms with E-state index in [4.69, 9.17) is 0 Å². The number of carbonyl (C=O) groups is 1. The van der Waals surface area contributed by atoms with Gasteiger partial charge in [-0.1, -0.05) is 13.8 Å². The fourth-order valence-electron chi connectivity index (χ4n) is 2.16. The number of halogens is 1. The van der Waals surface area contributed by atoms with E-state index in [1.54, 1.807) is 12.3 Å². The molecule has 96 valence electrons. The van der Waals surface area contributed by atoms with Crippen molar-refractivity contribution in [2.75, 3.05) is 6.54 Å². The van der Waals surface area contributed by atoms with Crippen LogP contribution in [0.1, 0.15) is 30.6 Å². The van der Waals surface area contributed by atoms with Crippen LogP contribution in [0.2, 0.25) is 0 Å². The average Bonchev–Trinajstić information content (AvgIpc) is 2.77. The molecular weight excluding hydrogens is 231 g/mol. The summed E-state index contributed by atoms with van der Waals surface area (Å²) in [5.74, 6) is -0.251. The van der Waals surface area contributed by atoms with Crippen LogP contribution in [0.3, 0.4) is 0 Å². The van der Waals surface area contributed by atoms with E-state index in [-0.39, 0.29) is 17.6 Å². The molecule has 0 amide bonds. The van der Waals surface area contributed by atoms with Crippen molar-refractivity contribution in [1.29, 1.82) is 0 Å². The number of hydrogen-bond acceptors (Lipinski definition) is 2. The molecule has 0 bridgehead atoms. The molecular formula is C14H17FN2O. The van der Waals surface area contributed by atoms with Crippen LogP contribution in [-0.4, -0.2) is 23.4 Å². The van der Waals surface area contributed by atoms with E-state index in [0.717, 1.165) is 18.4 Å². The number of ketones is 1. The van der Waals surface area contributed by atoms with Gasteiger partial charge in [0.15, 0.2) is 5.78 Å². The number of aromatic nitrogens is 1. The first-order valence-corrected chi connectivity index (χ1v) is 6.21. The minimum atomic E-state index is -0.304. The van der Waals surface area contributed by atoms with Crippen LogP contribution in [0, 0.1) is 5.82 Å². The standard InChI is InChI=1S/C14H17FN2O/c1-3-12(16-4-2)14(18)11-8-17-13-7-9(15)5-6-10(11)13/h5-8,12,16-17H,3-4H2,1-2H3. The smallest absolute Gasteiger partial charge is 0.181 e. The Morgan fingerprint density at radius 2 is 2.22 bits per heavy atom. The van der Waals surface area contributed by atoms with Crippen LogP contribution < -0.4 is 5.32 Å². The van der Waals surface area contributed by atoms with E-state index in [1.165, 1.54) is 12.1 Å². The zero-order valence-corrected chi connectivity index (χ0v) is 10.6. The highest BCUT2D eigenvalue weighted by Crippen LogP contribution is 2.21. The molecule has 18 heavy (non-hydrogen) atoms. The SMILES string of the molecule is CCNC(CC)C(=O)c1c[nH]c2cc(F)ccc12. The third kappa shape index (κ3) is 2.29. The number of H-pyrrole nitrogens is 1. The molecule has 0 saturated heterocycles. The van der Waals surface area contributed by atoms with Crippen molar-refractivity contribution in [3.63, 3.8) is 0 Å². The first kappa shape index (κ1) is 12.8. The van der Waals surface area contributed by atoms with Crippen molar-refractivity contribution < 1.29 is 9.18 Å². The lowest BCUT2D eigenvalue weighted by molar-refractivity contribution is 0.0943. The number of rotatable bonds is 5. The molecule has 0 aliphatic heterocycles. The van der Waals surface area contributed by atoms with Crippen molar-refractivity contribution in [3.05, 3.63) is 35.8 Å². The van der Waals surface area contributed by atoms with Gasteiger partial charge in [-0.25, -0.2) is 4.39 Å². The number of hydrogen-bond donors (Lipinski definition) is 2. The summed E-state index contributed by atoms with van der Waals surface area (Å²) in [6.07, 6.45) is 2.40. The second-order valence-corrected chi connectivity index (χ2v) is 4.28. The van der Waals surface area contributed by atoms with Gasteiger partial charge in [0.05, 0.1) is 6.04 Å². The summed E-state index contributed by atoms with van der Waals surface area (Å²) in [5.41, 5.74) is 1.28. The number of benzene rings is 1. The van der Waals surface area contributed by atoms with Crippen LogP contribution in [-0.2, 0) is 0 Å². The Kier molecular flexibility index (Phi) is 3.77. The van der Waals surface area contributed by atoms with Gasteiger partial charge in [-0.3, -0.25) is 4.79 Å². The molecule has 1 heterocycles. The second-order valence-electron chi connectivity index (χ2n) is 4.28. The van der Waals surface area contributed by atoms with Gasteiger partial charge in [-0.2, -0.15) is 0 Å². The van der Waals surface area contributed by atoms with Crippen molar-refractivity contribution in [2.45, 2.75) is 26.3 Å². The molecule has 0 fully saturated rings. The van der Waals surface area contributed by atoms with Crippen LogP contribution in [0.15, 0.2) is 24.4 Å². The monoisotopic (exact) mass is 248 g/mol. The predicted molar refractivity (Wildman–Crippen MR) is 70.3 cm³/mol. The summed E-state index contributed by atoms with van der Waals surface area (Å²) in [4.78, 5) is 15.3. The Morgan fingerprint density at radius 3 is 2.89 bits per heavy atom. The topological polar surface area (TPSA) is 44.9 Å². The molecule has 1 unspecified atom stereocenters. The number of Topliss-reactive ketones (excluding diaryl/α,β-unsaturated/α-hetero) is 1. The molecule has 3 nitrogen and oxygen atoms in total. The summed E-state index contributed by atoms with van der Waals surface area (Å²) >= 11 is 0. The predicted octanol–water partition coefficient (Wildman–Crippen LogP) is 2.88. The van der Waals surface area contributed by atoms with Gasteiger partial charge < -0.3 is 10.3 Å². The maximum Gasteiger partial charge on any atom is 0.181 e. The normalized spacial score (nSPS) is 12.8. The minimum Gasteiger partial charge on any atom is -0.360 e. The molecule has 1 atom stereocenters. The van der Waals surface area contributed by atoms with Crippen molar-refractivity contribution in [2.24, 2.45) is 0 Å². The Labute approximate surface area is 105 Å². The van der Waals surface area contributed by atoms with Crippen molar-refractivity contribution in [3.8, 4) is 0 Å². The van der Waals surface area contributed by atoms with Crippen molar-refractivity contribution >= 4 is 16.7 Å². The Morgan fingerprint density at radius 1 is 1.44 bits per heavy atom. The summed E-state index contributed by atoms with van der Waals surface area (Å²) in [6.45, 7) is 4.70. The van der Waals surface area contributed by atoms with Crippen LogP contribution >= 0.6 is 0 Å². The maximum atomic E-state index is 13.1. The van der Waals surface area contributed by atoms with Crippen LogP contribution in [0.25, 0.3) is 10.9 Å². The highest BCUT2D eigenvalue weighted by molar-refractivity contribution is 6.10. The molecule has 0 aliphatic rings. The summed E-state index contributed by atoms with van der Waals surface area (Å²) in [5, 5.41) is 3.93. The molecule has 0 saturated carbocycles. The number of nitrogens with one attached hydrogen (secondary N) is 2. The van der Waals surface area contributed by atoms with Crippen LogP contribution in [0.4, 0.5) is 4.39 Å². The van der Waals surface area contributed by atoms with E-state index in [1.807, 2.05) is 13.8 Å². The minimum absolute atomic E-state index is 0.0530. The van der Waals surface area contributed by atoms with E-state index in [2.05, 4.69) is 10.3 Å². The Balaban J connectivity index is 2.38. The number of carbonyl (C=O) groups excluding carboxylic acids is 1. The zero-order chi connectivity index (χ0) is 13.1. The van der Waals surface area contributed by atoms with E-state index in [9.17, 15) is 9.18 Å². The molecule has 0 aliphatic carbocycles. The van der Waals surface area contributed by atoms with Crippen molar-refractivity contribution in [1.82, 2.24) is 10.3 Å². The Hall–Kier alpha value is -1.68. The Bertz CT molecular complexity index is 562. The van der Waals surface area contributed by atoms with Crippen LogP contribution in [0.5, 0.6) is 0 Å². The fraction of sp³-hybridized carbons (Fsp3) is 0.357. The first-order valence-electron chi connectivity index (χ1n) is 6.21. The lowest BCUT2D eigenvalue weighted by Crippen LogP contribution is -2.35. The molecule has 4 heteroatoms. The van der Waals surface area contributed by atoms with Gasteiger partial charge in [0.25, 0.3) is 0 Å². The van der Waals surface area contributed by atoms with E-state index >= 15 is 0 Å². The molecule has 1 aromatic heterocycles. The second kappa shape index (κ2) is 5.31. The summed E-state index contributed by atoms with van der Waals surface area (Å²) in [6, 6.07) is 4.24. The molecule has 2 rings (SSSR count). The molecule has 2 N–H and O–H groups in total. The highest BCUT2D eigenvalue weighted by atomic mass is 19.1. The lowest BCUT2D eigenvalue weighted by Gasteiger charge is -2.13. The van der Waals surface area contributed by atoms with Gasteiger partial charge in [0, 0.05) is 22.7 Å². The van der Waals surface area contributed by atoms with E-state index in [0.29, 0.717) is 11.1 Å². The zero-order valence-electron chi connectivity index (χ0n) is 10.6. The molecule has 2 aromatic rings. The lowest BCUT2D eigenvalue weighted by atomic mass is 10.0. The maximum absolute atomic E-state index is 13.1. The third-order valence-corrected chi connectivity index (χ3v) is 3.08. The summed E-state index contributed by atoms with van der Waals surface area (Å²) in [7, 11) is 0. The van der Waals surface area contributed by atoms with E-state index < -0.39 is 0 Å². The quantitative estimate of drug-likeness (QED) is 0.799. The average molecular weight is 248 g/mol. The largest absolute Gasteiger partial charge is 0.360 e. The van der Waals surface area contributed by atoms with Gasteiger partial charge in [0.1, 0.15) is 5.82 Å². The third-order valence-electron chi connectivity index (χ3n) is 3.08. The van der Waals surface area contributed by atoms with Gasteiger partial charge in [-0.05, 0) is 31.2 Å². The van der Waals surface area contributed by atoms with Gasteiger partial charge >= 0.3 is 0 Å². The molecule has 1 aromatic carbocycles. The number of fused-ring (bicyclic) bond motifs is 1. The number of aromatic amines is 1.